The molecular weight excluding hydrogens is 296 g/mol. The molecule has 0 amide bonds. The van der Waals surface area contributed by atoms with Crippen molar-refractivity contribution < 1.29 is 5.11 Å². The maximum Gasteiger partial charge on any atom is 0.128 e. The Balaban J connectivity index is 2.24. The van der Waals surface area contributed by atoms with E-state index in [1.807, 2.05) is 31.2 Å². The monoisotopic (exact) mass is 316 g/mol. The molecule has 0 aromatic heterocycles. The molecule has 116 valence electrons. The molecule has 0 aliphatic rings. The number of halogens is 1. The van der Waals surface area contributed by atoms with Gasteiger partial charge in [0.2, 0.25) is 0 Å². The second-order valence-electron chi connectivity index (χ2n) is 6.38. The first kappa shape index (κ1) is 16.4. The van der Waals surface area contributed by atoms with E-state index in [0.29, 0.717) is 10.6 Å². The number of phenols is 1. The molecule has 0 aliphatic carbocycles. The summed E-state index contributed by atoms with van der Waals surface area (Å²) in [6, 6.07) is 11.2. The zero-order valence-corrected chi connectivity index (χ0v) is 14.1. The molecule has 3 nitrogen and oxygen atoms in total. The van der Waals surface area contributed by atoms with Gasteiger partial charge in [-0.05, 0) is 48.2 Å². The minimum Gasteiger partial charge on any atom is -0.507 e. The van der Waals surface area contributed by atoms with Gasteiger partial charge in [0.05, 0.1) is 11.9 Å². The predicted molar refractivity (Wildman–Crippen MR) is 94.2 cm³/mol. The average molecular weight is 317 g/mol. The summed E-state index contributed by atoms with van der Waals surface area (Å²) in [5.41, 5.74) is 6.35. The summed E-state index contributed by atoms with van der Waals surface area (Å²) in [7, 11) is 0. The molecule has 0 fully saturated rings. The summed E-state index contributed by atoms with van der Waals surface area (Å²) in [5, 5.41) is 15.3. The van der Waals surface area contributed by atoms with Gasteiger partial charge in [-0.25, -0.2) is 0 Å². The van der Waals surface area contributed by atoms with Crippen LogP contribution >= 0.6 is 11.6 Å². The molecule has 2 aromatic carbocycles. The molecule has 0 bridgehead atoms. The maximum atomic E-state index is 10.4. The second-order valence-corrected chi connectivity index (χ2v) is 6.81. The molecule has 2 rings (SSSR count). The third kappa shape index (κ3) is 4.01. The summed E-state index contributed by atoms with van der Waals surface area (Å²) in [4.78, 5) is 0. The number of hydrogen-bond acceptors (Lipinski definition) is 3. The van der Waals surface area contributed by atoms with Crippen LogP contribution in [0.4, 0.5) is 5.69 Å². The first-order valence-corrected chi connectivity index (χ1v) is 7.54. The van der Waals surface area contributed by atoms with Gasteiger partial charge in [0.25, 0.3) is 0 Å². The van der Waals surface area contributed by atoms with Gasteiger partial charge in [0, 0.05) is 16.1 Å². The Morgan fingerprint density at radius 2 is 1.77 bits per heavy atom. The highest BCUT2D eigenvalue weighted by Gasteiger charge is 2.20. The van der Waals surface area contributed by atoms with Crippen LogP contribution in [0.1, 0.15) is 37.5 Å². The van der Waals surface area contributed by atoms with Crippen molar-refractivity contribution in [3.8, 4) is 5.75 Å². The molecule has 0 saturated heterocycles. The summed E-state index contributed by atoms with van der Waals surface area (Å²) < 4.78 is 0. The standard InChI is InChI=1S/C18H21ClN2O/c1-12-9-13(17(22)16(10-12)18(2,3)4)11-20-21-15-7-5-14(19)6-8-15/h5-11,21-22H,1-4H3. The van der Waals surface area contributed by atoms with Crippen LogP contribution in [0.3, 0.4) is 0 Å². The second kappa shape index (κ2) is 6.41. The van der Waals surface area contributed by atoms with Gasteiger partial charge in [0.15, 0.2) is 0 Å². The van der Waals surface area contributed by atoms with Gasteiger partial charge in [-0.3, -0.25) is 5.43 Å². The van der Waals surface area contributed by atoms with Crippen molar-refractivity contribution in [3.63, 3.8) is 0 Å². The molecule has 4 heteroatoms. The quantitative estimate of drug-likeness (QED) is 0.611. The van der Waals surface area contributed by atoms with Crippen molar-refractivity contribution in [2.24, 2.45) is 5.10 Å². The Morgan fingerprint density at radius 3 is 2.36 bits per heavy atom. The molecule has 0 heterocycles. The molecule has 22 heavy (non-hydrogen) atoms. The van der Waals surface area contributed by atoms with Gasteiger partial charge in [-0.1, -0.05) is 38.4 Å². The van der Waals surface area contributed by atoms with E-state index in [4.69, 9.17) is 11.6 Å². The van der Waals surface area contributed by atoms with Crippen LogP contribution in [0.25, 0.3) is 0 Å². The highest BCUT2D eigenvalue weighted by Crippen LogP contribution is 2.33. The minimum absolute atomic E-state index is 0.123. The first-order chi connectivity index (χ1) is 10.3. The third-order valence-electron chi connectivity index (χ3n) is 3.33. The molecule has 2 N–H and O–H groups in total. The van der Waals surface area contributed by atoms with Gasteiger partial charge in [-0.2, -0.15) is 5.10 Å². The van der Waals surface area contributed by atoms with Crippen LogP contribution < -0.4 is 5.43 Å². The molecule has 0 spiro atoms. The van der Waals surface area contributed by atoms with Crippen molar-refractivity contribution in [2.45, 2.75) is 33.1 Å². The SMILES string of the molecule is Cc1cc(C=NNc2ccc(Cl)cc2)c(O)c(C(C)(C)C)c1. The Kier molecular flexibility index (Phi) is 4.77. The zero-order chi connectivity index (χ0) is 16.3. The van der Waals surface area contributed by atoms with Crippen LogP contribution in [0, 0.1) is 6.92 Å². The summed E-state index contributed by atoms with van der Waals surface area (Å²) in [6.07, 6.45) is 1.63. The van der Waals surface area contributed by atoms with Crippen LogP contribution in [-0.4, -0.2) is 11.3 Å². The first-order valence-electron chi connectivity index (χ1n) is 7.16. The Morgan fingerprint density at radius 1 is 1.14 bits per heavy atom. The number of phenolic OH excluding ortho intramolecular Hbond substituents is 1. The lowest BCUT2D eigenvalue weighted by Gasteiger charge is -2.22. The summed E-state index contributed by atoms with van der Waals surface area (Å²) >= 11 is 5.84. The van der Waals surface area contributed by atoms with Gasteiger partial charge < -0.3 is 5.11 Å². The number of nitrogens with zero attached hydrogens (tertiary/aromatic N) is 1. The topological polar surface area (TPSA) is 44.6 Å². The van der Waals surface area contributed by atoms with E-state index < -0.39 is 0 Å². The molecule has 0 radical (unpaired) electrons. The van der Waals surface area contributed by atoms with Crippen LogP contribution in [0.15, 0.2) is 41.5 Å². The van der Waals surface area contributed by atoms with E-state index >= 15 is 0 Å². The van der Waals surface area contributed by atoms with Crippen molar-refractivity contribution in [1.29, 1.82) is 0 Å². The molecule has 0 saturated carbocycles. The number of anilines is 1. The number of aromatic hydroxyl groups is 1. The lowest BCUT2D eigenvalue weighted by molar-refractivity contribution is 0.445. The van der Waals surface area contributed by atoms with Gasteiger partial charge >= 0.3 is 0 Å². The highest BCUT2D eigenvalue weighted by atomic mass is 35.5. The lowest BCUT2D eigenvalue weighted by atomic mass is 9.84. The third-order valence-corrected chi connectivity index (χ3v) is 3.59. The van der Waals surface area contributed by atoms with E-state index in [0.717, 1.165) is 16.8 Å². The smallest absolute Gasteiger partial charge is 0.128 e. The van der Waals surface area contributed by atoms with E-state index in [2.05, 4.69) is 31.3 Å². The van der Waals surface area contributed by atoms with E-state index in [1.165, 1.54) is 0 Å². The van der Waals surface area contributed by atoms with Crippen molar-refractivity contribution in [2.75, 3.05) is 5.43 Å². The number of nitrogens with one attached hydrogen (secondary N) is 1. The van der Waals surface area contributed by atoms with E-state index in [-0.39, 0.29) is 11.2 Å². The van der Waals surface area contributed by atoms with Crippen molar-refractivity contribution in [1.82, 2.24) is 0 Å². The summed E-state index contributed by atoms with van der Waals surface area (Å²) in [5.74, 6) is 0.278. The fraction of sp³-hybridized carbons (Fsp3) is 0.278. The average Bonchev–Trinajstić information content (AvgIpc) is 2.43. The maximum absolute atomic E-state index is 10.4. The van der Waals surface area contributed by atoms with Crippen LogP contribution in [0.2, 0.25) is 5.02 Å². The van der Waals surface area contributed by atoms with Crippen molar-refractivity contribution >= 4 is 23.5 Å². The van der Waals surface area contributed by atoms with Crippen LogP contribution in [-0.2, 0) is 5.41 Å². The molecule has 0 atom stereocenters. The molecule has 0 unspecified atom stereocenters. The fourth-order valence-corrected chi connectivity index (χ4v) is 2.30. The highest BCUT2D eigenvalue weighted by molar-refractivity contribution is 6.30. The van der Waals surface area contributed by atoms with Gasteiger partial charge in [-0.15, -0.1) is 0 Å². The lowest BCUT2D eigenvalue weighted by Crippen LogP contribution is -2.12. The number of aryl methyl sites for hydroxylation is 1. The number of rotatable bonds is 3. The minimum atomic E-state index is -0.123. The molecular formula is C18H21ClN2O. The van der Waals surface area contributed by atoms with Gasteiger partial charge in [0.1, 0.15) is 5.75 Å². The number of hydrogen-bond donors (Lipinski definition) is 2. The normalized spacial score (nSPS) is 11.9. The van der Waals surface area contributed by atoms with Crippen LogP contribution in [0.5, 0.6) is 5.75 Å². The summed E-state index contributed by atoms with van der Waals surface area (Å²) in [6.45, 7) is 8.25. The molecule has 0 aliphatic heterocycles. The largest absolute Gasteiger partial charge is 0.507 e. The number of benzene rings is 2. The van der Waals surface area contributed by atoms with E-state index in [9.17, 15) is 5.11 Å². The van der Waals surface area contributed by atoms with E-state index in [1.54, 1.807) is 18.3 Å². The number of hydrazone groups is 1. The van der Waals surface area contributed by atoms with Crippen molar-refractivity contribution in [3.05, 3.63) is 58.1 Å². The Hall–Kier alpha value is -2.00. The Labute approximate surface area is 136 Å². The predicted octanol–water partition coefficient (Wildman–Crippen LogP) is 5.10. The fourth-order valence-electron chi connectivity index (χ4n) is 2.18. The zero-order valence-electron chi connectivity index (χ0n) is 13.3. The Bertz CT molecular complexity index is 685. The molecule has 2 aromatic rings.